The van der Waals surface area contributed by atoms with E-state index in [1.165, 1.54) is 0 Å². The van der Waals surface area contributed by atoms with E-state index in [2.05, 4.69) is 4.90 Å². The molecule has 1 fully saturated rings. The number of ether oxygens (including phenoxy) is 2. The number of benzene rings is 2. The third-order valence-corrected chi connectivity index (χ3v) is 7.00. The molecular weight excluding hydrogens is 464 g/mol. The number of amides is 1. The topological polar surface area (TPSA) is 67.8 Å². The highest BCUT2D eigenvalue weighted by Gasteiger charge is 2.31. The molecule has 1 saturated heterocycles. The molecule has 0 aliphatic carbocycles. The summed E-state index contributed by atoms with van der Waals surface area (Å²) in [5.74, 6) is 2.39. The largest absolute Gasteiger partial charge is 0.496 e. The third-order valence-electron chi connectivity index (χ3n) is 6.56. The van der Waals surface area contributed by atoms with Crippen LogP contribution >= 0.6 is 11.6 Å². The predicted octanol–water partition coefficient (Wildman–Crippen LogP) is 3.78. The van der Waals surface area contributed by atoms with Crippen molar-refractivity contribution in [2.75, 3.05) is 44.9 Å². The lowest BCUT2D eigenvalue weighted by atomic mass is 10.0. The van der Waals surface area contributed by atoms with Crippen LogP contribution < -0.4 is 9.64 Å². The quantitative estimate of drug-likeness (QED) is 0.488. The van der Waals surface area contributed by atoms with Gasteiger partial charge < -0.3 is 19.3 Å². The first kappa shape index (κ1) is 23.6. The van der Waals surface area contributed by atoms with E-state index in [-0.39, 0.29) is 5.91 Å². The van der Waals surface area contributed by atoms with Gasteiger partial charge >= 0.3 is 0 Å². The number of carbonyl (C=O) groups is 1. The number of nitrogens with zero attached hydrogens (tertiary/aromatic N) is 4. The monoisotopic (exact) mass is 492 g/mol. The molecule has 182 valence electrons. The standard InChI is InChI=1S/C27H29ClN4O3/c1-34-23-10-6-5-9-20(23)17-24-29-22-11-12-32(27(33)25(28)19-7-3-2-4-8-19)18-21(22)26(30-24)31-13-15-35-16-14-31/h2-10,25H,11-18H2,1H3. The number of hydrogen-bond acceptors (Lipinski definition) is 6. The van der Waals surface area contributed by atoms with E-state index in [1.54, 1.807) is 7.11 Å². The van der Waals surface area contributed by atoms with Crippen molar-refractivity contribution in [3.05, 3.63) is 82.8 Å². The lowest BCUT2D eigenvalue weighted by Crippen LogP contribution is -2.42. The van der Waals surface area contributed by atoms with Crippen LogP contribution in [0.25, 0.3) is 0 Å². The summed E-state index contributed by atoms with van der Waals surface area (Å²) < 4.78 is 11.1. The number of para-hydroxylation sites is 1. The van der Waals surface area contributed by atoms with Gasteiger partial charge in [0.05, 0.1) is 32.6 Å². The Morgan fingerprint density at radius 2 is 1.80 bits per heavy atom. The van der Waals surface area contributed by atoms with Gasteiger partial charge in [-0.1, -0.05) is 48.5 Å². The number of rotatable bonds is 6. The van der Waals surface area contributed by atoms with Gasteiger partial charge in [-0.25, -0.2) is 9.97 Å². The van der Waals surface area contributed by atoms with Gasteiger partial charge in [0.2, 0.25) is 5.91 Å². The van der Waals surface area contributed by atoms with Gasteiger partial charge in [0, 0.05) is 43.6 Å². The summed E-state index contributed by atoms with van der Waals surface area (Å²) in [7, 11) is 1.68. The minimum absolute atomic E-state index is 0.0884. The second-order valence-electron chi connectivity index (χ2n) is 8.76. The van der Waals surface area contributed by atoms with Crippen molar-refractivity contribution >= 4 is 23.3 Å². The highest BCUT2D eigenvalue weighted by Crippen LogP contribution is 2.31. The number of alkyl halides is 1. The molecule has 2 aromatic carbocycles. The maximum Gasteiger partial charge on any atom is 0.245 e. The van der Waals surface area contributed by atoms with Crippen LogP contribution in [0.1, 0.15) is 33.6 Å². The second-order valence-corrected chi connectivity index (χ2v) is 9.20. The fraction of sp³-hybridized carbons (Fsp3) is 0.370. The Bertz CT molecular complexity index is 1180. The van der Waals surface area contributed by atoms with Crippen molar-refractivity contribution in [2.45, 2.75) is 24.8 Å². The fourth-order valence-corrected chi connectivity index (χ4v) is 4.98. The molecule has 2 aliphatic rings. The van der Waals surface area contributed by atoms with E-state index < -0.39 is 5.38 Å². The normalized spacial score (nSPS) is 16.5. The molecule has 2 aliphatic heterocycles. The summed E-state index contributed by atoms with van der Waals surface area (Å²) in [5.41, 5.74) is 3.86. The maximum absolute atomic E-state index is 13.3. The molecule has 0 radical (unpaired) electrons. The van der Waals surface area contributed by atoms with E-state index in [1.807, 2.05) is 59.5 Å². The first-order valence-corrected chi connectivity index (χ1v) is 12.4. The molecule has 7 nitrogen and oxygen atoms in total. The van der Waals surface area contributed by atoms with Gasteiger partial charge in [0.1, 0.15) is 22.8 Å². The van der Waals surface area contributed by atoms with Crippen LogP contribution in [0.15, 0.2) is 54.6 Å². The Morgan fingerprint density at radius 1 is 1.06 bits per heavy atom. The lowest BCUT2D eigenvalue weighted by Gasteiger charge is -2.35. The molecule has 1 unspecified atom stereocenters. The second kappa shape index (κ2) is 10.6. The number of aromatic nitrogens is 2. The van der Waals surface area contributed by atoms with E-state index in [9.17, 15) is 4.79 Å². The summed E-state index contributed by atoms with van der Waals surface area (Å²) in [5, 5.41) is -0.713. The van der Waals surface area contributed by atoms with Crippen LogP contribution in [0.4, 0.5) is 5.82 Å². The number of fused-ring (bicyclic) bond motifs is 1. The van der Waals surface area contributed by atoms with Gasteiger partial charge in [-0.3, -0.25) is 4.79 Å². The predicted molar refractivity (Wildman–Crippen MR) is 135 cm³/mol. The molecular formula is C27H29ClN4O3. The molecule has 8 heteroatoms. The molecule has 3 heterocycles. The first-order valence-electron chi connectivity index (χ1n) is 11.9. The summed E-state index contributed by atoms with van der Waals surface area (Å²) in [4.78, 5) is 27.3. The maximum atomic E-state index is 13.3. The molecule has 1 atom stereocenters. The molecule has 3 aromatic rings. The number of morpholine rings is 1. The van der Waals surface area contributed by atoms with Gasteiger partial charge in [-0.2, -0.15) is 0 Å². The third kappa shape index (κ3) is 5.11. The van der Waals surface area contributed by atoms with Crippen molar-refractivity contribution in [1.82, 2.24) is 14.9 Å². The molecule has 0 spiro atoms. The van der Waals surface area contributed by atoms with E-state index >= 15 is 0 Å². The number of carbonyl (C=O) groups excluding carboxylic acids is 1. The summed E-state index contributed by atoms with van der Waals surface area (Å²) >= 11 is 6.59. The summed E-state index contributed by atoms with van der Waals surface area (Å²) in [6.07, 6.45) is 1.24. The Morgan fingerprint density at radius 3 is 2.57 bits per heavy atom. The van der Waals surface area contributed by atoms with Crippen LogP contribution in [0.2, 0.25) is 0 Å². The van der Waals surface area contributed by atoms with Gasteiger partial charge in [-0.05, 0) is 11.6 Å². The summed E-state index contributed by atoms with van der Waals surface area (Å²) in [6, 6.07) is 17.5. The fourth-order valence-electron chi connectivity index (χ4n) is 4.69. The first-order chi connectivity index (χ1) is 17.1. The minimum atomic E-state index is -0.713. The van der Waals surface area contributed by atoms with Crippen LogP contribution in [0.5, 0.6) is 5.75 Å². The molecule has 35 heavy (non-hydrogen) atoms. The highest BCUT2D eigenvalue weighted by atomic mass is 35.5. The van der Waals surface area contributed by atoms with Crippen molar-refractivity contribution in [1.29, 1.82) is 0 Å². The van der Waals surface area contributed by atoms with Crippen molar-refractivity contribution in [3.8, 4) is 5.75 Å². The average Bonchev–Trinajstić information content (AvgIpc) is 2.93. The van der Waals surface area contributed by atoms with Gasteiger partial charge in [0.25, 0.3) is 0 Å². The van der Waals surface area contributed by atoms with Crippen molar-refractivity contribution in [2.24, 2.45) is 0 Å². The van der Waals surface area contributed by atoms with Crippen molar-refractivity contribution < 1.29 is 14.3 Å². The smallest absolute Gasteiger partial charge is 0.245 e. The SMILES string of the molecule is COc1ccccc1Cc1nc2c(c(N3CCOCC3)n1)CN(C(=O)C(Cl)c1ccccc1)CC2. The Hall–Kier alpha value is -3.16. The number of methoxy groups -OCH3 is 1. The number of halogens is 1. The van der Waals surface area contributed by atoms with Crippen LogP contribution in [0, 0.1) is 0 Å². The Balaban J connectivity index is 1.45. The molecule has 1 amide bonds. The zero-order chi connectivity index (χ0) is 24.2. The van der Waals surface area contributed by atoms with Crippen LogP contribution in [-0.2, 0) is 28.9 Å². The lowest BCUT2D eigenvalue weighted by molar-refractivity contribution is -0.131. The highest BCUT2D eigenvalue weighted by molar-refractivity contribution is 6.30. The molecule has 1 aromatic heterocycles. The molecule has 5 rings (SSSR count). The van der Waals surface area contributed by atoms with Gasteiger partial charge in [-0.15, -0.1) is 11.6 Å². The van der Waals surface area contributed by atoms with Crippen molar-refractivity contribution in [3.63, 3.8) is 0 Å². The number of anilines is 1. The van der Waals surface area contributed by atoms with E-state index in [0.717, 1.165) is 52.9 Å². The van der Waals surface area contributed by atoms with Gasteiger partial charge in [0.15, 0.2) is 0 Å². The molecule has 0 N–H and O–H groups in total. The summed E-state index contributed by atoms with van der Waals surface area (Å²) in [6.45, 7) is 3.85. The van der Waals surface area contributed by atoms with Crippen LogP contribution in [0.3, 0.4) is 0 Å². The Kier molecular flexibility index (Phi) is 7.16. The van der Waals surface area contributed by atoms with E-state index in [0.29, 0.717) is 39.1 Å². The number of hydrogen-bond donors (Lipinski definition) is 0. The zero-order valence-electron chi connectivity index (χ0n) is 19.8. The molecule has 0 bridgehead atoms. The Labute approximate surface area is 210 Å². The minimum Gasteiger partial charge on any atom is -0.496 e. The molecule has 0 saturated carbocycles. The van der Waals surface area contributed by atoms with E-state index in [4.69, 9.17) is 31.0 Å². The zero-order valence-corrected chi connectivity index (χ0v) is 20.6. The average molecular weight is 493 g/mol. The van der Waals surface area contributed by atoms with Crippen LogP contribution in [-0.4, -0.2) is 60.7 Å².